The van der Waals surface area contributed by atoms with Crippen molar-refractivity contribution in [1.29, 1.82) is 5.26 Å². The van der Waals surface area contributed by atoms with E-state index in [9.17, 15) is 14.9 Å². The summed E-state index contributed by atoms with van der Waals surface area (Å²) in [7, 11) is 0. The average molecular weight is 444 g/mol. The molecular formula is C23H24N8O2. The molecule has 1 aliphatic heterocycles. The fraction of sp³-hybridized carbons (Fsp3) is 0.261. The standard InChI is InChI=1S/C23H24N8O2/c1-2-14-9-10-27-18(12-14)28-23(33)16-7-5-15(6-8-16)19-20(21(25)32)31(26)22(29-19)17-4-3-11-30(17)13-24/h5-10,12,17H,2-4,11,26H2,1H3,(H2,25,32)(H,27,28,33)/t17-/m0/s1. The van der Waals surface area contributed by atoms with Gasteiger partial charge in [-0.3, -0.25) is 14.5 Å². The highest BCUT2D eigenvalue weighted by Crippen LogP contribution is 2.33. The molecule has 2 amide bonds. The van der Waals surface area contributed by atoms with Crippen molar-refractivity contribution >= 4 is 17.6 Å². The Morgan fingerprint density at radius 3 is 2.70 bits per heavy atom. The van der Waals surface area contributed by atoms with Crippen LogP contribution in [0.1, 0.15) is 58.0 Å². The number of primary amides is 1. The van der Waals surface area contributed by atoms with Crippen LogP contribution in [0.25, 0.3) is 11.3 Å². The van der Waals surface area contributed by atoms with Crippen molar-refractivity contribution in [2.24, 2.45) is 5.73 Å². The van der Waals surface area contributed by atoms with Gasteiger partial charge < -0.3 is 16.9 Å². The van der Waals surface area contributed by atoms with E-state index in [1.165, 1.54) is 4.68 Å². The van der Waals surface area contributed by atoms with Gasteiger partial charge in [0.2, 0.25) is 0 Å². The van der Waals surface area contributed by atoms with Gasteiger partial charge in [0.1, 0.15) is 11.5 Å². The number of hydrogen-bond donors (Lipinski definition) is 3. The van der Waals surface area contributed by atoms with Crippen molar-refractivity contribution in [2.75, 3.05) is 17.7 Å². The minimum absolute atomic E-state index is 0.0487. The van der Waals surface area contributed by atoms with Crippen molar-refractivity contribution in [3.63, 3.8) is 0 Å². The molecule has 168 valence electrons. The van der Waals surface area contributed by atoms with Gasteiger partial charge >= 0.3 is 0 Å². The summed E-state index contributed by atoms with van der Waals surface area (Å²) in [6.07, 6.45) is 6.16. The topological polar surface area (TPSA) is 156 Å². The Morgan fingerprint density at radius 1 is 1.27 bits per heavy atom. The summed E-state index contributed by atoms with van der Waals surface area (Å²) in [4.78, 5) is 35.1. The third-order valence-corrected chi connectivity index (χ3v) is 5.75. The monoisotopic (exact) mass is 444 g/mol. The van der Waals surface area contributed by atoms with Gasteiger partial charge in [0.15, 0.2) is 17.7 Å². The summed E-state index contributed by atoms with van der Waals surface area (Å²) in [5.74, 6) is 6.02. The number of nitrogen functional groups attached to an aromatic ring is 1. The molecule has 0 radical (unpaired) electrons. The molecule has 10 heteroatoms. The summed E-state index contributed by atoms with van der Waals surface area (Å²) in [6.45, 7) is 2.63. The Morgan fingerprint density at radius 2 is 2.03 bits per heavy atom. The van der Waals surface area contributed by atoms with Gasteiger partial charge in [-0.25, -0.2) is 14.6 Å². The lowest BCUT2D eigenvalue weighted by atomic mass is 10.1. The lowest BCUT2D eigenvalue weighted by Crippen LogP contribution is -2.27. The van der Waals surface area contributed by atoms with E-state index in [2.05, 4.69) is 21.5 Å². The third-order valence-electron chi connectivity index (χ3n) is 5.75. The summed E-state index contributed by atoms with van der Waals surface area (Å²) in [5.41, 5.74) is 8.02. The molecular weight excluding hydrogens is 420 g/mol. The number of hydrogen-bond acceptors (Lipinski definition) is 7. The quantitative estimate of drug-likeness (QED) is 0.388. The van der Waals surface area contributed by atoms with Crippen molar-refractivity contribution in [2.45, 2.75) is 32.2 Å². The van der Waals surface area contributed by atoms with E-state index in [4.69, 9.17) is 11.6 Å². The molecule has 0 bridgehead atoms. The number of nitriles is 1. The predicted molar refractivity (Wildman–Crippen MR) is 122 cm³/mol. The Labute approximate surface area is 190 Å². The third kappa shape index (κ3) is 4.21. The average Bonchev–Trinajstić information content (AvgIpc) is 3.43. The number of carbonyl (C=O) groups is 2. The van der Waals surface area contributed by atoms with E-state index in [1.54, 1.807) is 35.4 Å². The second-order valence-electron chi connectivity index (χ2n) is 7.79. The first-order chi connectivity index (χ1) is 15.9. The van der Waals surface area contributed by atoms with Gasteiger partial charge in [-0.2, -0.15) is 5.26 Å². The van der Waals surface area contributed by atoms with Crippen LogP contribution >= 0.6 is 0 Å². The second-order valence-corrected chi connectivity index (χ2v) is 7.79. The molecule has 4 rings (SSSR count). The number of pyridine rings is 1. The first kappa shape index (κ1) is 21.8. The molecule has 10 nitrogen and oxygen atoms in total. The van der Waals surface area contributed by atoms with Crippen LogP contribution in [0.3, 0.4) is 0 Å². The minimum Gasteiger partial charge on any atom is -0.364 e. The number of anilines is 1. The van der Waals surface area contributed by atoms with Gasteiger partial charge in [-0.15, -0.1) is 0 Å². The fourth-order valence-electron chi connectivity index (χ4n) is 4.01. The van der Waals surface area contributed by atoms with Gasteiger partial charge in [-0.1, -0.05) is 19.1 Å². The number of likely N-dealkylation sites (tertiary alicyclic amines) is 1. The SMILES string of the molecule is CCc1ccnc(NC(=O)c2ccc(-c3nc([C@@H]4CCCN4C#N)n(N)c3C(N)=O)cc2)c1. The van der Waals surface area contributed by atoms with Crippen LogP contribution in [0.15, 0.2) is 42.6 Å². The lowest BCUT2D eigenvalue weighted by molar-refractivity contribution is 0.0991. The van der Waals surface area contributed by atoms with Crippen molar-refractivity contribution in [3.8, 4) is 17.5 Å². The van der Waals surface area contributed by atoms with Crippen LogP contribution in [0, 0.1) is 11.5 Å². The number of imidazole rings is 1. The number of amides is 2. The predicted octanol–water partition coefficient (Wildman–Crippen LogP) is 2.19. The highest BCUT2D eigenvalue weighted by Gasteiger charge is 2.32. The van der Waals surface area contributed by atoms with E-state index in [1.807, 2.05) is 19.1 Å². The molecule has 1 fully saturated rings. The molecule has 5 N–H and O–H groups in total. The number of rotatable bonds is 6. The van der Waals surface area contributed by atoms with Crippen LogP contribution in [-0.4, -0.2) is 37.9 Å². The molecule has 1 aliphatic rings. The maximum Gasteiger partial charge on any atom is 0.269 e. The zero-order valence-corrected chi connectivity index (χ0v) is 18.2. The Balaban J connectivity index is 1.62. The molecule has 0 unspecified atom stereocenters. The second kappa shape index (κ2) is 9.00. The van der Waals surface area contributed by atoms with Crippen LogP contribution in [0.5, 0.6) is 0 Å². The van der Waals surface area contributed by atoms with Crippen molar-refractivity contribution in [1.82, 2.24) is 19.5 Å². The molecule has 3 aromatic rings. The van der Waals surface area contributed by atoms with Gasteiger partial charge in [-0.05, 0) is 49.1 Å². The molecule has 1 saturated heterocycles. The minimum atomic E-state index is -0.726. The number of aromatic nitrogens is 3. The van der Waals surface area contributed by atoms with E-state index in [0.717, 1.165) is 18.4 Å². The van der Waals surface area contributed by atoms with Crippen LogP contribution in [-0.2, 0) is 6.42 Å². The van der Waals surface area contributed by atoms with Crippen LogP contribution in [0.2, 0.25) is 0 Å². The number of nitrogens with zero attached hydrogens (tertiary/aromatic N) is 5. The zero-order valence-electron chi connectivity index (χ0n) is 18.2. The van der Waals surface area contributed by atoms with Crippen LogP contribution in [0.4, 0.5) is 5.82 Å². The smallest absolute Gasteiger partial charge is 0.269 e. The maximum absolute atomic E-state index is 12.6. The Kier molecular flexibility index (Phi) is 5.95. The van der Waals surface area contributed by atoms with Gasteiger partial charge in [0.05, 0.1) is 6.04 Å². The van der Waals surface area contributed by atoms with Gasteiger partial charge in [0.25, 0.3) is 11.8 Å². The molecule has 3 heterocycles. The summed E-state index contributed by atoms with van der Waals surface area (Å²) < 4.78 is 1.17. The molecule has 0 spiro atoms. The lowest BCUT2D eigenvalue weighted by Gasteiger charge is -2.17. The van der Waals surface area contributed by atoms with E-state index in [0.29, 0.717) is 41.4 Å². The molecule has 1 atom stereocenters. The van der Waals surface area contributed by atoms with Crippen LogP contribution < -0.4 is 16.9 Å². The Bertz CT molecular complexity index is 1240. The van der Waals surface area contributed by atoms with E-state index >= 15 is 0 Å². The van der Waals surface area contributed by atoms with Gasteiger partial charge in [0, 0.05) is 23.9 Å². The molecule has 33 heavy (non-hydrogen) atoms. The number of nitrogens with two attached hydrogens (primary N) is 2. The molecule has 2 aromatic heterocycles. The highest BCUT2D eigenvalue weighted by atomic mass is 16.2. The Hall–Kier alpha value is -4.39. The number of benzene rings is 1. The molecule has 0 aliphatic carbocycles. The fourth-order valence-corrected chi connectivity index (χ4v) is 4.01. The number of aryl methyl sites for hydroxylation is 1. The normalized spacial score (nSPS) is 15.3. The van der Waals surface area contributed by atoms with Crippen molar-refractivity contribution in [3.05, 3.63) is 65.2 Å². The summed E-state index contributed by atoms with van der Waals surface area (Å²) in [5, 5.41) is 12.2. The maximum atomic E-state index is 12.6. The highest BCUT2D eigenvalue weighted by molar-refractivity contribution is 6.04. The first-order valence-corrected chi connectivity index (χ1v) is 10.6. The van der Waals surface area contributed by atoms with Crippen molar-refractivity contribution < 1.29 is 9.59 Å². The zero-order chi connectivity index (χ0) is 23.5. The van der Waals surface area contributed by atoms with E-state index < -0.39 is 5.91 Å². The van der Waals surface area contributed by atoms with E-state index in [-0.39, 0.29) is 17.6 Å². The first-order valence-electron chi connectivity index (χ1n) is 10.6. The summed E-state index contributed by atoms with van der Waals surface area (Å²) in [6, 6.07) is 10.0. The summed E-state index contributed by atoms with van der Waals surface area (Å²) >= 11 is 0. The number of nitrogens with one attached hydrogen (secondary N) is 1. The molecule has 1 aromatic carbocycles. The largest absolute Gasteiger partial charge is 0.364 e. The number of carbonyl (C=O) groups excluding carboxylic acids is 2. The molecule has 0 saturated carbocycles.